The summed E-state index contributed by atoms with van der Waals surface area (Å²) < 4.78 is 0. The Bertz CT molecular complexity index is 99.4. The van der Waals surface area contributed by atoms with Crippen molar-refractivity contribution >= 4 is 0 Å². The fourth-order valence-corrected chi connectivity index (χ4v) is 0.714. The van der Waals surface area contributed by atoms with E-state index in [1.807, 2.05) is 0 Å². The lowest BCUT2D eigenvalue weighted by molar-refractivity contribution is 0.348. The molecular formula is C8H18N2. The van der Waals surface area contributed by atoms with Gasteiger partial charge in [-0.2, -0.15) is 0 Å². The molecule has 0 spiro atoms. The van der Waals surface area contributed by atoms with Crippen molar-refractivity contribution in [1.82, 2.24) is 4.90 Å². The molecule has 0 saturated heterocycles. The van der Waals surface area contributed by atoms with Gasteiger partial charge in [-0.3, -0.25) is 0 Å². The van der Waals surface area contributed by atoms with Crippen LogP contribution in [0.25, 0.3) is 0 Å². The predicted octanol–water partition coefficient (Wildman–Crippen LogP) is 0.843. The van der Waals surface area contributed by atoms with E-state index in [1.165, 1.54) is 5.57 Å². The first-order valence-corrected chi connectivity index (χ1v) is 3.70. The maximum atomic E-state index is 5.37. The van der Waals surface area contributed by atoms with E-state index in [4.69, 9.17) is 5.73 Å². The monoisotopic (exact) mass is 142 g/mol. The molecule has 0 unspecified atom stereocenters. The largest absolute Gasteiger partial charge is 0.329 e. The van der Waals surface area contributed by atoms with Gasteiger partial charge in [-0.1, -0.05) is 5.57 Å². The fourth-order valence-electron chi connectivity index (χ4n) is 0.714. The first-order valence-electron chi connectivity index (χ1n) is 3.70. The van der Waals surface area contributed by atoms with Gasteiger partial charge >= 0.3 is 0 Å². The zero-order chi connectivity index (χ0) is 7.98. The summed E-state index contributed by atoms with van der Waals surface area (Å²) in [5.41, 5.74) is 6.61. The summed E-state index contributed by atoms with van der Waals surface area (Å²) >= 11 is 0. The topological polar surface area (TPSA) is 29.3 Å². The molecule has 0 aliphatic carbocycles. The second kappa shape index (κ2) is 5.45. The van der Waals surface area contributed by atoms with E-state index in [0.717, 1.165) is 26.1 Å². The molecule has 0 saturated carbocycles. The van der Waals surface area contributed by atoms with Crippen molar-refractivity contribution < 1.29 is 0 Å². The second-order valence-corrected chi connectivity index (χ2v) is 2.80. The zero-order valence-corrected chi connectivity index (χ0v) is 7.06. The molecule has 0 aromatic heterocycles. The first kappa shape index (κ1) is 9.66. The van der Waals surface area contributed by atoms with Crippen LogP contribution in [0.3, 0.4) is 0 Å². The van der Waals surface area contributed by atoms with E-state index in [2.05, 4.69) is 25.5 Å². The Labute approximate surface area is 63.7 Å². The SMILES string of the molecule is C=C(C)CCN(C)CCN. The van der Waals surface area contributed by atoms with Gasteiger partial charge in [0.05, 0.1) is 0 Å². The normalized spacial score (nSPS) is 10.4. The van der Waals surface area contributed by atoms with E-state index in [9.17, 15) is 0 Å². The summed E-state index contributed by atoms with van der Waals surface area (Å²) in [5.74, 6) is 0. The third kappa shape index (κ3) is 5.79. The van der Waals surface area contributed by atoms with Crippen LogP contribution in [-0.2, 0) is 0 Å². The average molecular weight is 142 g/mol. The van der Waals surface area contributed by atoms with Crippen LogP contribution in [-0.4, -0.2) is 31.6 Å². The molecule has 0 aromatic rings. The maximum Gasteiger partial charge on any atom is 0.0102 e. The molecule has 0 aliphatic rings. The van der Waals surface area contributed by atoms with Crippen LogP contribution in [0, 0.1) is 0 Å². The molecule has 0 fully saturated rings. The van der Waals surface area contributed by atoms with E-state index in [1.54, 1.807) is 0 Å². The van der Waals surface area contributed by atoms with Crippen molar-refractivity contribution in [2.45, 2.75) is 13.3 Å². The molecule has 0 rings (SSSR count). The number of nitrogens with two attached hydrogens (primary N) is 1. The van der Waals surface area contributed by atoms with Gasteiger partial charge in [0.1, 0.15) is 0 Å². The van der Waals surface area contributed by atoms with E-state index < -0.39 is 0 Å². The average Bonchev–Trinajstić information content (AvgIpc) is 1.85. The summed E-state index contributed by atoms with van der Waals surface area (Å²) in [6.07, 6.45) is 1.08. The number of hydrogen-bond donors (Lipinski definition) is 1. The van der Waals surface area contributed by atoms with Gasteiger partial charge in [-0.25, -0.2) is 0 Å². The van der Waals surface area contributed by atoms with E-state index >= 15 is 0 Å². The number of hydrogen-bond acceptors (Lipinski definition) is 2. The Balaban J connectivity index is 3.21. The highest BCUT2D eigenvalue weighted by Crippen LogP contribution is 1.95. The molecule has 10 heavy (non-hydrogen) atoms. The minimum Gasteiger partial charge on any atom is -0.329 e. The van der Waals surface area contributed by atoms with Crippen molar-refractivity contribution in [3.63, 3.8) is 0 Å². The van der Waals surface area contributed by atoms with Crippen LogP contribution in [0.2, 0.25) is 0 Å². The van der Waals surface area contributed by atoms with E-state index in [0.29, 0.717) is 0 Å². The van der Waals surface area contributed by atoms with E-state index in [-0.39, 0.29) is 0 Å². The molecule has 2 N–H and O–H groups in total. The highest BCUT2D eigenvalue weighted by atomic mass is 15.1. The summed E-state index contributed by atoms with van der Waals surface area (Å²) in [4.78, 5) is 2.22. The van der Waals surface area contributed by atoms with Crippen LogP contribution < -0.4 is 5.73 Å². The molecule has 60 valence electrons. The molecule has 2 nitrogen and oxygen atoms in total. The molecule has 0 bridgehead atoms. The summed E-state index contributed by atoms with van der Waals surface area (Å²) in [6.45, 7) is 8.68. The molecule has 0 aromatic carbocycles. The Kier molecular flexibility index (Phi) is 5.26. The van der Waals surface area contributed by atoms with Gasteiger partial charge in [0.15, 0.2) is 0 Å². The number of likely N-dealkylation sites (N-methyl/N-ethyl adjacent to an activating group) is 1. The minimum absolute atomic E-state index is 0.743. The third-order valence-corrected chi connectivity index (χ3v) is 1.43. The number of nitrogens with zero attached hydrogens (tertiary/aromatic N) is 1. The van der Waals surface area contributed by atoms with Gasteiger partial charge in [0, 0.05) is 19.6 Å². The van der Waals surface area contributed by atoms with Crippen molar-refractivity contribution in [1.29, 1.82) is 0 Å². The molecular weight excluding hydrogens is 124 g/mol. The summed E-state index contributed by atoms with van der Waals surface area (Å²) in [5, 5.41) is 0. The lowest BCUT2D eigenvalue weighted by Crippen LogP contribution is -2.26. The number of rotatable bonds is 5. The smallest absolute Gasteiger partial charge is 0.0102 e. The standard InChI is InChI=1S/C8H18N2/c1-8(2)4-6-10(3)7-5-9/h1,4-7,9H2,2-3H3. The Morgan fingerprint density at radius 2 is 2.10 bits per heavy atom. The first-order chi connectivity index (χ1) is 4.66. The fraction of sp³-hybridized carbons (Fsp3) is 0.750. The molecule has 0 aliphatic heterocycles. The van der Waals surface area contributed by atoms with Gasteiger partial charge in [-0.05, 0) is 20.4 Å². The molecule has 0 heterocycles. The summed E-state index contributed by atoms with van der Waals surface area (Å²) in [6, 6.07) is 0. The minimum atomic E-state index is 0.743. The van der Waals surface area contributed by atoms with Crippen LogP contribution >= 0.6 is 0 Å². The Hall–Kier alpha value is -0.340. The summed E-state index contributed by atoms with van der Waals surface area (Å²) in [7, 11) is 2.08. The third-order valence-electron chi connectivity index (χ3n) is 1.43. The van der Waals surface area contributed by atoms with Crippen LogP contribution in [0.15, 0.2) is 12.2 Å². The molecule has 0 amide bonds. The van der Waals surface area contributed by atoms with Crippen LogP contribution in [0.4, 0.5) is 0 Å². The molecule has 2 heteroatoms. The van der Waals surface area contributed by atoms with Gasteiger partial charge in [0.25, 0.3) is 0 Å². The Morgan fingerprint density at radius 1 is 1.50 bits per heavy atom. The molecule has 0 atom stereocenters. The van der Waals surface area contributed by atoms with Crippen molar-refractivity contribution in [3.8, 4) is 0 Å². The van der Waals surface area contributed by atoms with Crippen LogP contribution in [0.1, 0.15) is 13.3 Å². The quantitative estimate of drug-likeness (QED) is 0.576. The van der Waals surface area contributed by atoms with Crippen molar-refractivity contribution in [2.75, 3.05) is 26.7 Å². The van der Waals surface area contributed by atoms with Gasteiger partial charge in [-0.15, -0.1) is 6.58 Å². The van der Waals surface area contributed by atoms with Crippen molar-refractivity contribution in [2.24, 2.45) is 5.73 Å². The Morgan fingerprint density at radius 3 is 2.50 bits per heavy atom. The van der Waals surface area contributed by atoms with Crippen molar-refractivity contribution in [3.05, 3.63) is 12.2 Å². The highest BCUT2D eigenvalue weighted by molar-refractivity contribution is 4.88. The predicted molar refractivity (Wildman–Crippen MR) is 46.0 cm³/mol. The zero-order valence-electron chi connectivity index (χ0n) is 7.06. The lowest BCUT2D eigenvalue weighted by atomic mass is 10.2. The lowest BCUT2D eigenvalue weighted by Gasteiger charge is -2.14. The highest BCUT2D eigenvalue weighted by Gasteiger charge is 1.94. The van der Waals surface area contributed by atoms with Crippen LogP contribution in [0.5, 0.6) is 0 Å². The van der Waals surface area contributed by atoms with Gasteiger partial charge in [0.2, 0.25) is 0 Å². The maximum absolute atomic E-state index is 5.37. The second-order valence-electron chi connectivity index (χ2n) is 2.80. The van der Waals surface area contributed by atoms with Gasteiger partial charge < -0.3 is 10.6 Å². The molecule has 0 radical (unpaired) electrons.